The lowest BCUT2D eigenvalue weighted by atomic mass is 10.2. The van der Waals surface area contributed by atoms with Crippen LogP contribution in [-0.2, 0) is 9.53 Å². The van der Waals surface area contributed by atoms with Crippen molar-refractivity contribution in [1.82, 2.24) is 10.2 Å². The zero-order valence-electron chi connectivity index (χ0n) is 8.73. The lowest BCUT2D eigenvalue weighted by Gasteiger charge is -2.34. The number of urea groups is 1. The summed E-state index contributed by atoms with van der Waals surface area (Å²) >= 11 is 0. The maximum Gasteiger partial charge on any atom is 0.323 e. The predicted molar refractivity (Wildman–Crippen MR) is 52.6 cm³/mol. The molecule has 6 nitrogen and oxygen atoms in total. The minimum atomic E-state index is -1.04. The van der Waals surface area contributed by atoms with E-state index in [1.165, 1.54) is 0 Å². The van der Waals surface area contributed by atoms with E-state index in [9.17, 15) is 9.59 Å². The molecule has 86 valence electrons. The van der Waals surface area contributed by atoms with Gasteiger partial charge in [-0.15, -0.1) is 0 Å². The minimum absolute atomic E-state index is 0.0487. The van der Waals surface area contributed by atoms with Gasteiger partial charge < -0.3 is 20.1 Å². The molecule has 0 aromatic rings. The van der Waals surface area contributed by atoms with Gasteiger partial charge in [-0.25, -0.2) is 4.79 Å². The Balaban J connectivity index is 2.44. The molecule has 1 aliphatic rings. The van der Waals surface area contributed by atoms with E-state index in [1.807, 2.05) is 6.92 Å². The van der Waals surface area contributed by atoms with Crippen LogP contribution in [0.3, 0.4) is 0 Å². The zero-order chi connectivity index (χ0) is 11.3. The number of nitrogens with zero attached hydrogens (tertiary/aromatic N) is 1. The summed E-state index contributed by atoms with van der Waals surface area (Å²) in [6.07, 6.45) is 0.806. The standard InChI is InChI=1S/C9H16N2O4/c1-2-7-6-15-4-3-11(7)9(14)10-5-8(12)13/h7H,2-6H2,1H3,(H,10,14)(H,12,13). The SMILES string of the molecule is CCC1COCCN1C(=O)NCC(=O)O. The van der Waals surface area contributed by atoms with Crippen molar-refractivity contribution in [3.63, 3.8) is 0 Å². The minimum Gasteiger partial charge on any atom is -0.480 e. The van der Waals surface area contributed by atoms with Crippen LogP contribution in [0.15, 0.2) is 0 Å². The van der Waals surface area contributed by atoms with E-state index < -0.39 is 5.97 Å². The monoisotopic (exact) mass is 216 g/mol. The third kappa shape index (κ3) is 3.39. The highest BCUT2D eigenvalue weighted by Gasteiger charge is 2.25. The highest BCUT2D eigenvalue weighted by Crippen LogP contribution is 2.09. The van der Waals surface area contributed by atoms with Crippen molar-refractivity contribution >= 4 is 12.0 Å². The fraction of sp³-hybridized carbons (Fsp3) is 0.778. The third-order valence-corrected chi connectivity index (χ3v) is 2.35. The van der Waals surface area contributed by atoms with Crippen molar-refractivity contribution in [2.75, 3.05) is 26.3 Å². The number of amides is 2. The molecule has 0 bridgehead atoms. The van der Waals surface area contributed by atoms with Crippen molar-refractivity contribution in [1.29, 1.82) is 0 Å². The van der Waals surface area contributed by atoms with Crippen LogP contribution < -0.4 is 5.32 Å². The van der Waals surface area contributed by atoms with Crippen LogP contribution in [0.4, 0.5) is 4.79 Å². The van der Waals surface area contributed by atoms with E-state index >= 15 is 0 Å². The van der Waals surface area contributed by atoms with E-state index in [-0.39, 0.29) is 18.6 Å². The average Bonchev–Trinajstić information content (AvgIpc) is 2.25. The molecular formula is C9H16N2O4. The summed E-state index contributed by atoms with van der Waals surface area (Å²) in [7, 11) is 0. The fourth-order valence-corrected chi connectivity index (χ4v) is 1.51. The summed E-state index contributed by atoms with van der Waals surface area (Å²) in [6, 6.07) is -0.278. The zero-order valence-corrected chi connectivity index (χ0v) is 8.73. The number of carbonyl (C=O) groups is 2. The topological polar surface area (TPSA) is 78.9 Å². The molecule has 1 unspecified atom stereocenters. The summed E-state index contributed by atoms with van der Waals surface area (Å²) in [5.74, 6) is -1.04. The van der Waals surface area contributed by atoms with Crippen LogP contribution in [0.1, 0.15) is 13.3 Å². The lowest BCUT2D eigenvalue weighted by molar-refractivity contribution is -0.135. The Morgan fingerprint density at radius 1 is 1.60 bits per heavy atom. The average molecular weight is 216 g/mol. The number of nitrogens with one attached hydrogen (secondary N) is 1. The van der Waals surface area contributed by atoms with Crippen molar-refractivity contribution in [3.8, 4) is 0 Å². The normalized spacial score (nSPS) is 21.1. The van der Waals surface area contributed by atoms with E-state index in [2.05, 4.69) is 5.32 Å². The van der Waals surface area contributed by atoms with Gasteiger partial charge in [0.05, 0.1) is 19.3 Å². The van der Waals surface area contributed by atoms with Gasteiger partial charge in [-0.2, -0.15) is 0 Å². The Kier molecular flexibility index (Phi) is 4.36. The quantitative estimate of drug-likeness (QED) is 0.690. The van der Waals surface area contributed by atoms with E-state index in [0.717, 1.165) is 6.42 Å². The van der Waals surface area contributed by atoms with Gasteiger partial charge >= 0.3 is 12.0 Å². The molecule has 6 heteroatoms. The van der Waals surface area contributed by atoms with Crippen LogP contribution in [-0.4, -0.2) is 54.4 Å². The molecule has 0 radical (unpaired) electrons. The smallest absolute Gasteiger partial charge is 0.323 e. The van der Waals surface area contributed by atoms with Gasteiger partial charge in [-0.3, -0.25) is 4.79 Å². The van der Waals surface area contributed by atoms with E-state index in [0.29, 0.717) is 19.8 Å². The van der Waals surface area contributed by atoms with Crippen molar-refractivity contribution in [3.05, 3.63) is 0 Å². The lowest BCUT2D eigenvalue weighted by Crippen LogP contribution is -2.52. The van der Waals surface area contributed by atoms with Gasteiger partial charge in [-0.05, 0) is 6.42 Å². The maximum absolute atomic E-state index is 11.6. The van der Waals surface area contributed by atoms with Gasteiger partial charge in [0.15, 0.2) is 0 Å². The number of hydrogen-bond donors (Lipinski definition) is 2. The summed E-state index contributed by atoms with van der Waals surface area (Å²) < 4.78 is 5.24. The Morgan fingerprint density at radius 2 is 2.33 bits per heavy atom. The molecule has 15 heavy (non-hydrogen) atoms. The molecule has 1 saturated heterocycles. The molecular weight excluding hydrogens is 200 g/mol. The maximum atomic E-state index is 11.6. The highest BCUT2D eigenvalue weighted by atomic mass is 16.5. The van der Waals surface area contributed by atoms with Crippen LogP contribution in [0.2, 0.25) is 0 Å². The number of carbonyl (C=O) groups excluding carboxylic acids is 1. The Bertz CT molecular complexity index is 244. The molecule has 1 rings (SSSR count). The first-order valence-corrected chi connectivity index (χ1v) is 4.99. The van der Waals surface area contributed by atoms with Gasteiger partial charge in [0.25, 0.3) is 0 Å². The van der Waals surface area contributed by atoms with Gasteiger partial charge in [0.2, 0.25) is 0 Å². The second kappa shape index (κ2) is 5.55. The Hall–Kier alpha value is -1.30. The molecule has 2 amide bonds. The van der Waals surface area contributed by atoms with Crippen LogP contribution in [0.25, 0.3) is 0 Å². The summed E-state index contributed by atoms with van der Waals surface area (Å²) in [6.45, 7) is 3.18. The largest absolute Gasteiger partial charge is 0.480 e. The molecule has 1 aliphatic heterocycles. The molecule has 1 fully saturated rings. The molecule has 2 N–H and O–H groups in total. The first-order valence-electron chi connectivity index (χ1n) is 4.99. The summed E-state index contributed by atoms with van der Waals surface area (Å²) in [5.41, 5.74) is 0. The van der Waals surface area contributed by atoms with Crippen LogP contribution in [0, 0.1) is 0 Å². The number of carboxylic acids is 1. The van der Waals surface area contributed by atoms with Crippen LogP contribution in [0.5, 0.6) is 0 Å². The summed E-state index contributed by atoms with van der Waals surface area (Å²) in [5, 5.41) is 10.8. The fourth-order valence-electron chi connectivity index (χ4n) is 1.51. The number of hydrogen-bond acceptors (Lipinski definition) is 3. The molecule has 0 aliphatic carbocycles. The number of aliphatic carboxylic acids is 1. The molecule has 1 heterocycles. The number of morpholine rings is 1. The van der Waals surface area contributed by atoms with Gasteiger partial charge in [0.1, 0.15) is 6.54 Å². The molecule has 0 aromatic carbocycles. The van der Waals surface area contributed by atoms with E-state index in [1.54, 1.807) is 4.90 Å². The molecule has 0 saturated carbocycles. The summed E-state index contributed by atoms with van der Waals surface area (Å²) in [4.78, 5) is 23.5. The Morgan fingerprint density at radius 3 is 2.93 bits per heavy atom. The van der Waals surface area contributed by atoms with Crippen LogP contribution >= 0.6 is 0 Å². The van der Waals surface area contributed by atoms with E-state index in [4.69, 9.17) is 9.84 Å². The molecule has 0 spiro atoms. The first-order chi connectivity index (χ1) is 7.15. The molecule has 0 aromatic heterocycles. The molecule has 1 atom stereocenters. The third-order valence-electron chi connectivity index (χ3n) is 2.35. The number of ether oxygens (including phenoxy) is 1. The number of carboxylic acid groups (broad SMARTS) is 1. The van der Waals surface area contributed by atoms with Gasteiger partial charge in [0, 0.05) is 6.54 Å². The number of rotatable bonds is 3. The highest BCUT2D eigenvalue weighted by molar-refractivity contribution is 5.80. The van der Waals surface area contributed by atoms with Gasteiger partial charge in [-0.1, -0.05) is 6.92 Å². The van der Waals surface area contributed by atoms with Crippen molar-refractivity contribution in [2.24, 2.45) is 0 Å². The first kappa shape index (κ1) is 11.8. The van der Waals surface area contributed by atoms with Crippen molar-refractivity contribution < 1.29 is 19.4 Å². The second-order valence-electron chi connectivity index (χ2n) is 3.38. The second-order valence-corrected chi connectivity index (χ2v) is 3.38. The Labute approximate surface area is 88.2 Å². The van der Waals surface area contributed by atoms with Crippen molar-refractivity contribution in [2.45, 2.75) is 19.4 Å². The predicted octanol–water partition coefficient (Wildman–Crippen LogP) is -0.109.